The van der Waals surface area contributed by atoms with Crippen LogP contribution in [0.25, 0.3) is 54.6 Å². The average Bonchev–Trinajstić information content (AvgIpc) is 3.11. The van der Waals surface area contributed by atoms with Gasteiger partial charge in [0, 0.05) is 65.4 Å². The minimum Gasteiger partial charge on any atom is -0.507 e. The number of hydrogen-bond donors (Lipinski definition) is 2. The normalized spacial score (nSPS) is 11.7. The van der Waals surface area contributed by atoms with Gasteiger partial charge < -0.3 is 19.0 Å². The van der Waals surface area contributed by atoms with Gasteiger partial charge in [0.1, 0.15) is 17.1 Å². The zero-order valence-electron chi connectivity index (χ0n) is 25.8. The molecule has 0 saturated carbocycles. The summed E-state index contributed by atoms with van der Waals surface area (Å²) in [6.07, 6.45) is 3.07. The Labute approximate surface area is 290 Å². The largest absolute Gasteiger partial charge is 0.507 e. The second kappa shape index (κ2) is 12.8. The fourth-order valence-electron chi connectivity index (χ4n) is 6.02. The number of phenols is 2. The first-order valence-electron chi connectivity index (χ1n) is 15.1. The van der Waals surface area contributed by atoms with Crippen molar-refractivity contribution in [2.45, 2.75) is 0 Å². The van der Waals surface area contributed by atoms with E-state index in [0.717, 1.165) is 21.9 Å². The van der Waals surface area contributed by atoms with Crippen molar-refractivity contribution >= 4 is 67.3 Å². The van der Waals surface area contributed by atoms with Gasteiger partial charge in [-0.2, -0.15) is 0 Å². The minimum absolute atomic E-state index is 0. The van der Waals surface area contributed by atoms with Crippen molar-refractivity contribution in [3.63, 3.8) is 0 Å². The SMILES string of the molecule is O=c1oc2cc(O)c(C=Nc3ccccc3-c3ccccc3N=Cc3c(O)ccc4c3oc(=O)c3ccccc34)cc2c2ccccc12.[Zn]. The van der Waals surface area contributed by atoms with Crippen LogP contribution in [0.2, 0.25) is 0 Å². The van der Waals surface area contributed by atoms with E-state index < -0.39 is 11.3 Å². The van der Waals surface area contributed by atoms with Gasteiger partial charge in [0.25, 0.3) is 0 Å². The Bertz CT molecular complexity index is 2770. The van der Waals surface area contributed by atoms with Gasteiger partial charge in [-0.3, -0.25) is 9.98 Å². The second-order valence-electron chi connectivity index (χ2n) is 11.2. The van der Waals surface area contributed by atoms with E-state index in [-0.39, 0.29) is 47.7 Å². The Balaban J connectivity index is 0.00000378. The molecule has 2 aromatic heterocycles. The van der Waals surface area contributed by atoms with E-state index >= 15 is 0 Å². The molecule has 0 atom stereocenters. The van der Waals surface area contributed by atoms with Crippen LogP contribution in [-0.4, -0.2) is 22.6 Å². The third-order valence-electron chi connectivity index (χ3n) is 8.35. The molecule has 49 heavy (non-hydrogen) atoms. The summed E-state index contributed by atoms with van der Waals surface area (Å²) >= 11 is 0. The summed E-state index contributed by atoms with van der Waals surface area (Å²) in [7, 11) is 0. The average molecular weight is 694 g/mol. The minimum atomic E-state index is -0.499. The van der Waals surface area contributed by atoms with Crippen LogP contribution in [0.5, 0.6) is 11.5 Å². The van der Waals surface area contributed by atoms with E-state index in [1.807, 2.05) is 72.8 Å². The van der Waals surface area contributed by atoms with Crippen LogP contribution >= 0.6 is 0 Å². The molecule has 8 rings (SSSR count). The van der Waals surface area contributed by atoms with Gasteiger partial charge in [0.15, 0.2) is 5.58 Å². The first kappa shape index (κ1) is 31.4. The molecule has 9 heteroatoms. The molecule has 0 fully saturated rings. The summed E-state index contributed by atoms with van der Waals surface area (Å²) in [5.41, 5.74) is 3.04. The van der Waals surface area contributed by atoms with Crippen LogP contribution in [0.1, 0.15) is 11.1 Å². The molecule has 0 spiro atoms. The molecule has 6 aromatic carbocycles. The molecule has 0 radical (unpaired) electrons. The Hall–Kier alpha value is -6.18. The standard InChI is InChI=1S/C40H24N2O6.Zn/c43-35-18-17-28-24-9-1-3-13-29(24)40(46)48-38(28)32(35)22-42-34-16-8-6-12-27(34)26-11-5-7-15-33(26)41-21-23-19-31-25-10-2-4-14-30(25)39(45)47-37(31)20-36(23)44;/h1-22,43-44H;. The van der Waals surface area contributed by atoms with Crippen LogP contribution in [0, 0.1) is 0 Å². The quantitative estimate of drug-likeness (QED) is 0.0803. The van der Waals surface area contributed by atoms with Crippen molar-refractivity contribution in [1.82, 2.24) is 0 Å². The molecule has 0 aliphatic rings. The van der Waals surface area contributed by atoms with Gasteiger partial charge in [-0.15, -0.1) is 0 Å². The van der Waals surface area contributed by atoms with Crippen molar-refractivity contribution in [2.24, 2.45) is 9.98 Å². The molecule has 0 amide bonds. The predicted octanol–water partition coefficient (Wildman–Crippen LogP) is 8.78. The Morgan fingerprint density at radius 1 is 0.510 bits per heavy atom. The van der Waals surface area contributed by atoms with Crippen LogP contribution in [0.15, 0.2) is 150 Å². The summed E-state index contributed by atoms with van der Waals surface area (Å²) in [6, 6.07) is 35.8. The number of benzene rings is 6. The Morgan fingerprint density at radius 3 is 1.69 bits per heavy atom. The number of phenolic OH excluding ortho intramolecular Hbond substituents is 2. The van der Waals surface area contributed by atoms with Crippen molar-refractivity contribution in [2.75, 3.05) is 0 Å². The van der Waals surface area contributed by atoms with Crippen LogP contribution < -0.4 is 11.3 Å². The molecule has 2 heterocycles. The van der Waals surface area contributed by atoms with E-state index in [1.54, 1.807) is 48.7 Å². The van der Waals surface area contributed by atoms with Crippen LogP contribution in [0.3, 0.4) is 0 Å². The zero-order chi connectivity index (χ0) is 32.8. The Kier molecular flexibility index (Phi) is 8.20. The fourth-order valence-corrected chi connectivity index (χ4v) is 6.02. The number of fused-ring (bicyclic) bond motifs is 6. The number of rotatable bonds is 5. The van der Waals surface area contributed by atoms with Crippen LogP contribution in [-0.2, 0) is 19.5 Å². The van der Waals surface area contributed by atoms with Crippen molar-refractivity contribution < 1.29 is 38.5 Å². The maximum atomic E-state index is 12.8. The van der Waals surface area contributed by atoms with Gasteiger partial charge in [0.05, 0.1) is 27.7 Å². The summed E-state index contributed by atoms with van der Waals surface area (Å²) in [6.45, 7) is 0. The summed E-state index contributed by atoms with van der Waals surface area (Å²) in [5, 5.41) is 25.3. The van der Waals surface area contributed by atoms with Crippen LogP contribution in [0.4, 0.5) is 11.4 Å². The predicted molar refractivity (Wildman–Crippen MR) is 190 cm³/mol. The number of hydrogen-bond acceptors (Lipinski definition) is 8. The van der Waals surface area contributed by atoms with E-state index in [0.29, 0.717) is 38.5 Å². The van der Waals surface area contributed by atoms with Gasteiger partial charge >= 0.3 is 11.3 Å². The first-order valence-corrected chi connectivity index (χ1v) is 15.1. The number of nitrogens with zero attached hydrogens (tertiary/aromatic N) is 2. The maximum absolute atomic E-state index is 12.8. The molecule has 0 aliphatic carbocycles. The summed E-state index contributed by atoms with van der Waals surface area (Å²) < 4.78 is 11.1. The molecular formula is C40H24N2O6Zn. The molecule has 0 aliphatic heterocycles. The van der Waals surface area contributed by atoms with E-state index in [9.17, 15) is 19.8 Å². The fraction of sp³-hybridized carbons (Fsp3) is 0. The number of para-hydroxylation sites is 2. The summed E-state index contributed by atoms with van der Waals surface area (Å²) in [4.78, 5) is 34.7. The van der Waals surface area contributed by atoms with Gasteiger partial charge in [-0.25, -0.2) is 9.59 Å². The van der Waals surface area contributed by atoms with E-state index in [1.165, 1.54) is 12.3 Å². The van der Waals surface area contributed by atoms with Crippen molar-refractivity contribution in [3.8, 4) is 22.6 Å². The smallest absolute Gasteiger partial charge is 0.344 e. The van der Waals surface area contributed by atoms with Crippen molar-refractivity contribution in [1.29, 1.82) is 0 Å². The van der Waals surface area contributed by atoms with E-state index in [4.69, 9.17) is 18.8 Å². The molecule has 0 bridgehead atoms. The number of aliphatic imine (C=N–C) groups is 2. The summed E-state index contributed by atoms with van der Waals surface area (Å²) in [5.74, 6) is -0.157. The Morgan fingerprint density at radius 2 is 1.04 bits per heavy atom. The van der Waals surface area contributed by atoms with Gasteiger partial charge in [-0.1, -0.05) is 72.8 Å². The first-order chi connectivity index (χ1) is 23.5. The molecule has 8 aromatic rings. The zero-order valence-corrected chi connectivity index (χ0v) is 28.8. The maximum Gasteiger partial charge on any atom is 0.344 e. The molecule has 8 nitrogen and oxygen atoms in total. The third kappa shape index (κ3) is 5.60. The van der Waals surface area contributed by atoms with Gasteiger partial charge in [-0.05, 0) is 53.2 Å². The third-order valence-corrected chi connectivity index (χ3v) is 8.35. The molecule has 232 valence electrons. The molecular weight excluding hydrogens is 670 g/mol. The second-order valence-corrected chi connectivity index (χ2v) is 11.2. The number of aromatic hydroxyl groups is 2. The molecule has 0 unspecified atom stereocenters. The van der Waals surface area contributed by atoms with Gasteiger partial charge in [0.2, 0.25) is 0 Å². The van der Waals surface area contributed by atoms with Crippen molar-refractivity contribution in [3.05, 3.63) is 153 Å². The molecule has 2 N–H and O–H groups in total. The topological polar surface area (TPSA) is 126 Å². The van der Waals surface area contributed by atoms with E-state index in [2.05, 4.69) is 0 Å². The monoisotopic (exact) mass is 692 g/mol. The molecule has 0 saturated heterocycles.